The zero-order chi connectivity index (χ0) is 12.6. The molecule has 0 aliphatic carbocycles. The maximum absolute atomic E-state index is 10.0. The van der Waals surface area contributed by atoms with Gasteiger partial charge in [-0.05, 0) is 54.8 Å². The molecule has 2 aromatic carbocycles. The van der Waals surface area contributed by atoms with E-state index in [4.69, 9.17) is 23.2 Å². The summed E-state index contributed by atoms with van der Waals surface area (Å²) in [5, 5.41) is 11.2. The van der Waals surface area contributed by atoms with Gasteiger partial charge in [0.25, 0.3) is 0 Å². The van der Waals surface area contributed by atoms with E-state index in [0.717, 1.165) is 22.3 Å². The lowest BCUT2D eigenvalue weighted by Crippen LogP contribution is -1.88. The van der Waals surface area contributed by atoms with Gasteiger partial charge in [0.15, 0.2) is 0 Å². The van der Waals surface area contributed by atoms with Crippen LogP contribution >= 0.6 is 23.2 Å². The first-order chi connectivity index (χ1) is 7.99. The lowest BCUT2D eigenvalue weighted by Gasteiger charge is -2.12. The Morgan fingerprint density at radius 2 is 1.53 bits per heavy atom. The van der Waals surface area contributed by atoms with E-state index in [1.165, 1.54) is 0 Å². The smallest absolute Gasteiger partial charge is 0.125 e. The number of rotatable bonds is 1. The van der Waals surface area contributed by atoms with Crippen molar-refractivity contribution >= 4 is 23.2 Å². The van der Waals surface area contributed by atoms with Gasteiger partial charge in [0.1, 0.15) is 5.75 Å². The zero-order valence-corrected chi connectivity index (χ0v) is 11.1. The van der Waals surface area contributed by atoms with Crippen LogP contribution in [0.5, 0.6) is 5.75 Å². The zero-order valence-electron chi connectivity index (χ0n) is 9.59. The van der Waals surface area contributed by atoms with Crippen molar-refractivity contribution in [3.05, 3.63) is 51.5 Å². The predicted octanol–water partition coefficient (Wildman–Crippen LogP) is 4.98. The molecular weight excluding hydrogens is 255 g/mol. The summed E-state index contributed by atoms with van der Waals surface area (Å²) in [7, 11) is 0. The van der Waals surface area contributed by atoms with Gasteiger partial charge in [0, 0.05) is 15.6 Å². The number of aryl methyl sites for hydroxylation is 2. The maximum Gasteiger partial charge on any atom is 0.125 e. The van der Waals surface area contributed by atoms with E-state index in [1.807, 2.05) is 38.1 Å². The minimum Gasteiger partial charge on any atom is -0.507 e. The fourth-order valence-corrected chi connectivity index (χ4v) is 2.48. The maximum atomic E-state index is 10.0. The van der Waals surface area contributed by atoms with Crippen LogP contribution < -0.4 is 0 Å². The van der Waals surface area contributed by atoms with Crippen LogP contribution in [0.1, 0.15) is 11.1 Å². The molecule has 0 spiro atoms. The average molecular weight is 267 g/mol. The Morgan fingerprint density at radius 1 is 0.882 bits per heavy atom. The molecular formula is C14H12Cl2O. The molecule has 0 saturated carbocycles. The molecule has 17 heavy (non-hydrogen) atoms. The summed E-state index contributed by atoms with van der Waals surface area (Å²) >= 11 is 11.8. The number of benzene rings is 2. The Hall–Kier alpha value is -1.18. The van der Waals surface area contributed by atoms with Crippen LogP contribution in [-0.2, 0) is 0 Å². The number of halogens is 2. The van der Waals surface area contributed by atoms with Gasteiger partial charge in [-0.3, -0.25) is 0 Å². The molecule has 0 aliphatic rings. The number of phenols is 1. The summed E-state index contributed by atoms with van der Waals surface area (Å²) in [4.78, 5) is 0. The first-order valence-corrected chi connectivity index (χ1v) is 6.00. The molecule has 2 rings (SSSR count). The van der Waals surface area contributed by atoms with Crippen molar-refractivity contribution in [1.29, 1.82) is 0 Å². The van der Waals surface area contributed by atoms with Crippen LogP contribution in [0.15, 0.2) is 30.3 Å². The van der Waals surface area contributed by atoms with Gasteiger partial charge in [-0.15, -0.1) is 0 Å². The van der Waals surface area contributed by atoms with E-state index < -0.39 is 0 Å². The first kappa shape index (κ1) is 12.3. The van der Waals surface area contributed by atoms with Crippen LogP contribution in [0.4, 0.5) is 0 Å². The summed E-state index contributed by atoms with van der Waals surface area (Å²) < 4.78 is 0. The van der Waals surface area contributed by atoms with Crippen molar-refractivity contribution in [2.45, 2.75) is 13.8 Å². The largest absolute Gasteiger partial charge is 0.507 e. The second-order valence-corrected chi connectivity index (χ2v) is 4.95. The molecule has 0 saturated heterocycles. The highest BCUT2D eigenvalue weighted by Gasteiger charge is 2.11. The van der Waals surface area contributed by atoms with Gasteiger partial charge in [0.2, 0.25) is 0 Å². The van der Waals surface area contributed by atoms with Gasteiger partial charge >= 0.3 is 0 Å². The van der Waals surface area contributed by atoms with Gasteiger partial charge in [-0.1, -0.05) is 29.3 Å². The summed E-state index contributed by atoms with van der Waals surface area (Å²) in [5.74, 6) is 0.195. The van der Waals surface area contributed by atoms with Crippen molar-refractivity contribution in [2.24, 2.45) is 0 Å². The predicted molar refractivity (Wildman–Crippen MR) is 73.0 cm³/mol. The van der Waals surface area contributed by atoms with Crippen LogP contribution in [0.3, 0.4) is 0 Å². The van der Waals surface area contributed by atoms with E-state index in [2.05, 4.69) is 0 Å². The SMILES string of the molecule is Cc1cc(Cl)ccc1-c1c(C)cc(Cl)cc1O. The summed E-state index contributed by atoms with van der Waals surface area (Å²) in [5.41, 5.74) is 3.75. The number of hydrogen-bond donors (Lipinski definition) is 1. The van der Waals surface area contributed by atoms with E-state index >= 15 is 0 Å². The molecule has 1 nitrogen and oxygen atoms in total. The van der Waals surface area contributed by atoms with Gasteiger partial charge < -0.3 is 5.11 Å². The molecule has 0 atom stereocenters. The highest BCUT2D eigenvalue weighted by Crippen LogP contribution is 2.37. The molecule has 3 heteroatoms. The first-order valence-electron chi connectivity index (χ1n) is 5.24. The van der Waals surface area contributed by atoms with E-state index in [1.54, 1.807) is 6.07 Å². The molecule has 0 heterocycles. The van der Waals surface area contributed by atoms with Crippen LogP contribution in [0.25, 0.3) is 11.1 Å². The van der Waals surface area contributed by atoms with E-state index in [0.29, 0.717) is 10.0 Å². The fourth-order valence-electron chi connectivity index (χ4n) is 1.98. The third-order valence-corrected chi connectivity index (χ3v) is 3.19. The van der Waals surface area contributed by atoms with E-state index in [-0.39, 0.29) is 5.75 Å². The number of phenolic OH excluding ortho intramolecular Hbond substituents is 1. The van der Waals surface area contributed by atoms with Gasteiger partial charge in [-0.2, -0.15) is 0 Å². The highest BCUT2D eigenvalue weighted by molar-refractivity contribution is 6.31. The molecule has 0 bridgehead atoms. The molecule has 0 aliphatic heterocycles. The van der Waals surface area contributed by atoms with Gasteiger partial charge in [0.05, 0.1) is 0 Å². The fraction of sp³-hybridized carbons (Fsp3) is 0.143. The molecule has 1 N–H and O–H groups in total. The Labute approximate surface area is 111 Å². The second-order valence-electron chi connectivity index (χ2n) is 4.08. The van der Waals surface area contributed by atoms with Crippen molar-refractivity contribution in [2.75, 3.05) is 0 Å². The van der Waals surface area contributed by atoms with Crippen LogP contribution in [-0.4, -0.2) is 5.11 Å². The highest BCUT2D eigenvalue weighted by atomic mass is 35.5. The average Bonchev–Trinajstić information content (AvgIpc) is 2.19. The third kappa shape index (κ3) is 2.41. The number of aromatic hydroxyl groups is 1. The monoisotopic (exact) mass is 266 g/mol. The summed E-state index contributed by atoms with van der Waals surface area (Å²) in [6.07, 6.45) is 0. The van der Waals surface area contributed by atoms with Crippen LogP contribution in [0.2, 0.25) is 10.0 Å². The third-order valence-electron chi connectivity index (χ3n) is 2.74. The Kier molecular flexibility index (Phi) is 3.32. The number of hydrogen-bond acceptors (Lipinski definition) is 1. The Bertz CT molecular complexity index is 553. The Morgan fingerprint density at radius 3 is 2.12 bits per heavy atom. The lowest BCUT2D eigenvalue weighted by molar-refractivity contribution is 0.477. The van der Waals surface area contributed by atoms with Crippen LogP contribution in [0, 0.1) is 13.8 Å². The standard InChI is InChI=1S/C14H12Cl2O/c1-8-5-10(15)3-4-12(8)14-9(2)6-11(16)7-13(14)17/h3-7,17H,1-2H3. The minimum absolute atomic E-state index is 0.195. The van der Waals surface area contributed by atoms with Crippen molar-refractivity contribution in [1.82, 2.24) is 0 Å². The van der Waals surface area contributed by atoms with Gasteiger partial charge in [-0.25, -0.2) is 0 Å². The molecule has 0 fully saturated rings. The topological polar surface area (TPSA) is 20.2 Å². The molecule has 0 amide bonds. The van der Waals surface area contributed by atoms with Crippen molar-refractivity contribution in [3.63, 3.8) is 0 Å². The lowest BCUT2D eigenvalue weighted by atomic mass is 9.96. The molecule has 0 unspecified atom stereocenters. The van der Waals surface area contributed by atoms with E-state index in [9.17, 15) is 5.11 Å². The molecule has 2 aromatic rings. The molecule has 0 aromatic heterocycles. The molecule has 0 radical (unpaired) electrons. The van der Waals surface area contributed by atoms with Crippen molar-refractivity contribution in [3.8, 4) is 16.9 Å². The Balaban J connectivity index is 2.68. The summed E-state index contributed by atoms with van der Waals surface area (Å²) in [6, 6.07) is 9.00. The molecule has 88 valence electrons. The summed E-state index contributed by atoms with van der Waals surface area (Å²) in [6.45, 7) is 3.89. The minimum atomic E-state index is 0.195. The van der Waals surface area contributed by atoms with Crippen molar-refractivity contribution < 1.29 is 5.11 Å². The normalized spacial score (nSPS) is 10.6. The quantitative estimate of drug-likeness (QED) is 0.772. The second kappa shape index (κ2) is 4.59.